The lowest BCUT2D eigenvalue weighted by atomic mass is 9.87. The molecule has 0 heterocycles. The number of hydrogen-bond donors (Lipinski definition) is 0. The van der Waals surface area contributed by atoms with Crippen molar-refractivity contribution < 1.29 is 37.9 Å². The van der Waals surface area contributed by atoms with E-state index in [1.165, 1.54) is 64.2 Å². The highest BCUT2D eigenvalue weighted by Gasteiger charge is 2.53. The largest absolute Gasteiger partial charge is 0.373 e. The number of methoxy groups -OCH3 is 8. The molecule has 0 amide bonds. The zero-order valence-corrected chi connectivity index (χ0v) is 30.8. The first-order chi connectivity index (χ1) is 20.7. The maximum absolute atomic E-state index is 5.87. The fourth-order valence-corrected chi connectivity index (χ4v) is 5.36. The predicted molar refractivity (Wildman–Crippen MR) is 179 cm³/mol. The van der Waals surface area contributed by atoms with Crippen LogP contribution in [-0.2, 0) is 37.9 Å². The van der Waals surface area contributed by atoms with Gasteiger partial charge in [-0.1, -0.05) is 116 Å². The van der Waals surface area contributed by atoms with Crippen LogP contribution in [0, 0.1) is 0 Å². The summed E-state index contributed by atoms with van der Waals surface area (Å²) in [6.45, 7) is 10.6. The molecule has 0 fully saturated rings. The summed E-state index contributed by atoms with van der Waals surface area (Å²) in [4.78, 5) is 0. The van der Waals surface area contributed by atoms with Crippen molar-refractivity contribution in [3.8, 4) is 0 Å². The maximum Gasteiger partial charge on any atom is 0.313 e. The average molecular weight is 623 g/mol. The zero-order chi connectivity index (χ0) is 33.5. The van der Waals surface area contributed by atoms with Gasteiger partial charge in [0.1, 0.15) is 11.7 Å². The van der Waals surface area contributed by atoms with Gasteiger partial charge in [0.05, 0.1) is 0 Å². The molecule has 0 aromatic heterocycles. The van der Waals surface area contributed by atoms with Crippen LogP contribution in [0.1, 0.15) is 137 Å². The molecule has 0 aromatic carbocycles. The Morgan fingerprint density at radius 3 is 1.21 bits per heavy atom. The van der Waals surface area contributed by atoms with Crippen LogP contribution >= 0.6 is 0 Å². The molecule has 0 rings (SSSR count). The monoisotopic (exact) mass is 623 g/mol. The molecule has 262 valence electrons. The Morgan fingerprint density at radius 2 is 0.884 bits per heavy atom. The van der Waals surface area contributed by atoms with Gasteiger partial charge in [-0.3, -0.25) is 0 Å². The number of rotatable bonds is 26. The quantitative estimate of drug-likeness (QED) is 0.0537. The van der Waals surface area contributed by atoms with Gasteiger partial charge >= 0.3 is 11.9 Å². The topological polar surface area (TPSA) is 73.8 Å². The molecule has 8 heteroatoms. The Bertz CT molecular complexity index is 558. The highest BCUT2D eigenvalue weighted by Crippen LogP contribution is 2.39. The van der Waals surface area contributed by atoms with Crippen LogP contribution in [-0.4, -0.2) is 80.5 Å². The molecule has 0 bridgehead atoms. The van der Waals surface area contributed by atoms with Gasteiger partial charge in [0.15, 0.2) is 0 Å². The van der Waals surface area contributed by atoms with E-state index in [1.54, 1.807) is 56.9 Å². The smallest absolute Gasteiger partial charge is 0.313 e. The lowest BCUT2D eigenvalue weighted by molar-refractivity contribution is -0.425. The molecule has 0 saturated carbocycles. The van der Waals surface area contributed by atoms with Crippen molar-refractivity contribution in [2.75, 3.05) is 56.9 Å². The van der Waals surface area contributed by atoms with Gasteiger partial charge in [-0.2, -0.15) is 0 Å². The van der Waals surface area contributed by atoms with Crippen LogP contribution in [0.2, 0.25) is 0 Å². The van der Waals surface area contributed by atoms with Gasteiger partial charge in [0.25, 0.3) is 0 Å². The number of allylic oxidation sites excluding steroid dienone is 2. The van der Waals surface area contributed by atoms with Crippen molar-refractivity contribution in [1.82, 2.24) is 0 Å². The Labute approximate surface area is 267 Å². The third-order valence-corrected chi connectivity index (χ3v) is 8.03. The fourth-order valence-electron chi connectivity index (χ4n) is 5.36. The second-order valence-corrected chi connectivity index (χ2v) is 10.8. The second-order valence-electron chi connectivity index (χ2n) is 10.8. The van der Waals surface area contributed by atoms with Gasteiger partial charge in [-0.15, -0.1) is 0 Å². The van der Waals surface area contributed by atoms with Crippen LogP contribution in [0.5, 0.6) is 0 Å². The molecule has 0 aliphatic carbocycles. The summed E-state index contributed by atoms with van der Waals surface area (Å²) in [6, 6.07) is 0. The Morgan fingerprint density at radius 1 is 0.465 bits per heavy atom. The van der Waals surface area contributed by atoms with Crippen molar-refractivity contribution >= 4 is 0 Å². The molecule has 0 spiro atoms. The molecule has 0 aromatic rings. The normalized spacial score (nSPS) is 14.1. The highest BCUT2D eigenvalue weighted by atomic mass is 16.9. The minimum absolute atomic E-state index is 0.205. The van der Waals surface area contributed by atoms with E-state index in [0.29, 0.717) is 0 Å². The summed E-state index contributed by atoms with van der Waals surface area (Å²) < 4.78 is 44.0. The van der Waals surface area contributed by atoms with Crippen molar-refractivity contribution in [1.29, 1.82) is 0 Å². The van der Waals surface area contributed by atoms with Crippen molar-refractivity contribution in [3.05, 3.63) is 12.2 Å². The molecule has 0 N–H and O–H groups in total. The van der Waals surface area contributed by atoms with Gasteiger partial charge in [-0.25, -0.2) is 0 Å². The van der Waals surface area contributed by atoms with Crippen LogP contribution in [0.3, 0.4) is 0 Å². The number of unbranched alkanes of at least 4 members (excludes halogenated alkanes) is 10. The lowest BCUT2D eigenvalue weighted by Crippen LogP contribution is -2.59. The summed E-state index contributed by atoms with van der Waals surface area (Å²) >= 11 is 0. The zero-order valence-electron chi connectivity index (χ0n) is 30.8. The summed E-state index contributed by atoms with van der Waals surface area (Å²) in [5, 5.41) is 0. The Hall–Kier alpha value is -0.580. The van der Waals surface area contributed by atoms with E-state index in [4.69, 9.17) is 37.9 Å². The Balaban J connectivity index is -0.000000666. The Kier molecular flexibility index (Phi) is 34.2. The SMILES string of the molecule is CC=CC.CCCCCCCCC(CCC)(OC)C(OC)(OC)OC.CCCCCCCCC(OC)C(OC)(OC)OC. The second kappa shape index (κ2) is 31.4. The summed E-state index contributed by atoms with van der Waals surface area (Å²) in [6.07, 6.45) is 22.4. The first-order valence-electron chi connectivity index (χ1n) is 16.7. The third kappa shape index (κ3) is 18.2. The standard InChI is InChI=1S/C17H36O4.C14H30O4.C4H8/c1-7-9-10-11-12-13-15-16(18-3,14-8-2)17(19-4,20-5)21-6;1-6-7-8-9-10-11-12-13(15-2)14(16-3,17-4)18-5;1-3-4-2/h7-15H2,1-6H3;13H,6-12H2,1-5H3;3-4H,1-2H3. The van der Waals surface area contributed by atoms with Gasteiger partial charge < -0.3 is 37.9 Å². The van der Waals surface area contributed by atoms with Crippen LogP contribution in [0.15, 0.2) is 12.2 Å². The minimum Gasteiger partial charge on any atom is -0.373 e. The van der Waals surface area contributed by atoms with E-state index in [1.807, 2.05) is 26.0 Å². The molecule has 43 heavy (non-hydrogen) atoms. The van der Waals surface area contributed by atoms with Gasteiger partial charge in [0.2, 0.25) is 0 Å². The highest BCUT2D eigenvalue weighted by molar-refractivity contribution is 4.90. The minimum atomic E-state index is -1.14. The van der Waals surface area contributed by atoms with Crippen molar-refractivity contribution in [3.63, 3.8) is 0 Å². The molecule has 8 nitrogen and oxygen atoms in total. The third-order valence-electron chi connectivity index (χ3n) is 8.03. The fraction of sp³-hybridized carbons (Fsp3) is 0.943. The average Bonchev–Trinajstić information content (AvgIpc) is 3.05. The van der Waals surface area contributed by atoms with E-state index in [-0.39, 0.29) is 6.10 Å². The van der Waals surface area contributed by atoms with Gasteiger partial charge in [-0.05, 0) is 33.1 Å². The number of hydrogen-bond acceptors (Lipinski definition) is 8. The van der Waals surface area contributed by atoms with E-state index in [2.05, 4.69) is 20.8 Å². The van der Waals surface area contributed by atoms with Crippen molar-refractivity contribution in [2.45, 2.75) is 161 Å². The molecule has 0 radical (unpaired) electrons. The molecule has 0 aliphatic heterocycles. The first-order valence-corrected chi connectivity index (χ1v) is 16.7. The molecule has 2 unspecified atom stereocenters. The van der Waals surface area contributed by atoms with E-state index >= 15 is 0 Å². The first kappa shape index (κ1) is 46.8. The predicted octanol–water partition coefficient (Wildman–Crippen LogP) is 9.44. The van der Waals surface area contributed by atoms with E-state index in [9.17, 15) is 0 Å². The lowest BCUT2D eigenvalue weighted by Gasteiger charge is -2.45. The van der Waals surface area contributed by atoms with Gasteiger partial charge in [0, 0.05) is 56.9 Å². The molecule has 2 atom stereocenters. The molecular formula is C35H74O8. The van der Waals surface area contributed by atoms with Crippen LogP contribution in [0.4, 0.5) is 0 Å². The van der Waals surface area contributed by atoms with Crippen molar-refractivity contribution in [2.24, 2.45) is 0 Å². The van der Waals surface area contributed by atoms with E-state index in [0.717, 1.165) is 38.5 Å². The number of ether oxygens (including phenoxy) is 8. The molecule has 0 saturated heterocycles. The van der Waals surface area contributed by atoms with E-state index < -0.39 is 17.5 Å². The molecular weight excluding hydrogens is 548 g/mol. The summed E-state index contributed by atoms with van der Waals surface area (Å²) in [5.41, 5.74) is -0.565. The summed E-state index contributed by atoms with van der Waals surface area (Å²) in [7, 11) is 12.9. The van der Waals surface area contributed by atoms with Crippen LogP contribution < -0.4 is 0 Å². The maximum atomic E-state index is 5.87. The molecule has 0 aliphatic rings. The van der Waals surface area contributed by atoms with Crippen LogP contribution in [0.25, 0.3) is 0 Å². The summed E-state index contributed by atoms with van der Waals surface area (Å²) in [5.74, 6) is -2.22.